The van der Waals surface area contributed by atoms with Crippen LogP contribution in [-0.4, -0.2) is 30.9 Å². The van der Waals surface area contributed by atoms with Crippen molar-refractivity contribution in [3.05, 3.63) is 82.4 Å². The van der Waals surface area contributed by atoms with Crippen LogP contribution in [0.5, 0.6) is 23.0 Å². The number of ether oxygens (including phenoxy) is 4. The average Bonchev–Trinajstić information content (AvgIpc) is 2.96. The maximum atomic E-state index is 13.3. The summed E-state index contributed by atoms with van der Waals surface area (Å²) in [5, 5.41) is 0. The molecule has 0 radical (unpaired) electrons. The van der Waals surface area contributed by atoms with Crippen LogP contribution in [0.1, 0.15) is 92.9 Å². The first-order chi connectivity index (χ1) is 21.1. The van der Waals surface area contributed by atoms with E-state index in [2.05, 4.69) is 0 Å². The Morgan fingerprint density at radius 2 is 1.07 bits per heavy atom. The van der Waals surface area contributed by atoms with Gasteiger partial charge < -0.3 is 18.9 Å². The Morgan fingerprint density at radius 1 is 0.600 bits per heavy atom. The summed E-state index contributed by atoms with van der Waals surface area (Å²) >= 11 is 0. The second-order valence-corrected chi connectivity index (χ2v) is 13.2. The van der Waals surface area contributed by atoms with Crippen LogP contribution in [0.3, 0.4) is 0 Å². The van der Waals surface area contributed by atoms with Crippen LogP contribution in [0.4, 0.5) is 0 Å². The third-order valence-corrected chi connectivity index (χ3v) is 7.95. The molecule has 0 atom stereocenters. The molecule has 0 unspecified atom stereocenters. The fourth-order valence-corrected chi connectivity index (χ4v) is 4.75. The zero-order chi connectivity index (χ0) is 33.4. The molecule has 0 bridgehead atoms. The van der Waals surface area contributed by atoms with Crippen molar-refractivity contribution in [1.29, 1.82) is 0 Å². The molecule has 0 aliphatic carbocycles. The third-order valence-electron chi connectivity index (χ3n) is 7.95. The van der Waals surface area contributed by atoms with E-state index in [-0.39, 0.29) is 22.8 Å². The summed E-state index contributed by atoms with van der Waals surface area (Å²) in [5.41, 5.74) is 2.98. The second-order valence-electron chi connectivity index (χ2n) is 13.2. The minimum atomic E-state index is -0.840. The molecule has 0 amide bonds. The van der Waals surface area contributed by atoms with Gasteiger partial charge in [-0.15, -0.1) is 0 Å². The molecule has 0 heterocycles. The molecule has 0 aliphatic rings. The SMILES string of the molecule is CC(=O)c1ccc(OC(=O)C(C)(C)CCCOc2cc(C)ccc2C)cc1OC(=O)C(C)(C)CCCOc1cc(C)ccc1C. The van der Waals surface area contributed by atoms with Crippen molar-refractivity contribution in [2.24, 2.45) is 10.8 Å². The fourth-order valence-electron chi connectivity index (χ4n) is 4.75. The molecule has 3 aromatic carbocycles. The monoisotopic (exact) mass is 616 g/mol. The highest BCUT2D eigenvalue weighted by Crippen LogP contribution is 2.33. The minimum Gasteiger partial charge on any atom is -0.493 e. The zero-order valence-corrected chi connectivity index (χ0v) is 28.3. The average molecular weight is 617 g/mol. The number of carbonyl (C=O) groups is 3. The number of benzene rings is 3. The summed E-state index contributed by atoms with van der Waals surface area (Å²) in [5.74, 6) is 0.776. The van der Waals surface area contributed by atoms with Gasteiger partial charge in [0.15, 0.2) is 5.78 Å². The van der Waals surface area contributed by atoms with Gasteiger partial charge in [0.05, 0.1) is 29.6 Å². The van der Waals surface area contributed by atoms with Crippen molar-refractivity contribution in [3.63, 3.8) is 0 Å². The molecular formula is C38H48O7. The van der Waals surface area contributed by atoms with Crippen LogP contribution < -0.4 is 18.9 Å². The molecule has 0 saturated carbocycles. The predicted molar refractivity (Wildman–Crippen MR) is 177 cm³/mol. The molecule has 7 nitrogen and oxygen atoms in total. The highest BCUT2D eigenvalue weighted by atomic mass is 16.5. The Labute approximate surface area is 268 Å². The Balaban J connectivity index is 1.58. The van der Waals surface area contributed by atoms with E-state index in [0.717, 1.165) is 33.8 Å². The van der Waals surface area contributed by atoms with Crippen molar-refractivity contribution in [3.8, 4) is 23.0 Å². The fraction of sp³-hybridized carbons (Fsp3) is 0.447. The largest absolute Gasteiger partial charge is 0.493 e. The van der Waals surface area contributed by atoms with Gasteiger partial charge in [0, 0.05) is 6.07 Å². The molecule has 242 valence electrons. The molecule has 7 heteroatoms. The molecule has 3 rings (SSSR count). The lowest BCUT2D eigenvalue weighted by Gasteiger charge is -2.24. The lowest BCUT2D eigenvalue weighted by atomic mass is 9.88. The van der Waals surface area contributed by atoms with Crippen LogP contribution in [0.2, 0.25) is 0 Å². The number of Topliss-reactive ketones (excluding diaryl/α,β-unsaturated/α-hetero) is 1. The summed E-state index contributed by atoms with van der Waals surface area (Å²) in [6.07, 6.45) is 2.36. The molecule has 0 saturated heterocycles. The molecular weight excluding hydrogens is 568 g/mol. The van der Waals surface area contributed by atoms with Crippen molar-refractivity contribution < 1.29 is 33.3 Å². The van der Waals surface area contributed by atoms with E-state index in [4.69, 9.17) is 18.9 Å². The predicted octanol–water partition coefficient (Wildman–Crippen LogP) is 8.70. The molecule has 0 aliphatic heterocycles. The highest BCUT2D eigenvalue weighted by Gasteiger charge is 2.32. The first kappa shape index (κ1) is 35.4. The quantitative estimate of drug-likeness (QED) is 0.0730. The third kappa shape index (κ3) is 10.2. The van der Waals surface area contributed by atoms with Gasteiger partial charge in [0.25, 0.3) is 0 Å². The maximum absolute atomic E-state index is 13.3. The van der Waals surface area contributed by atoms with Crippen LogP contribution >= 0.6 is 0 Å². The Hall–Kier alpha value is -4.13. The van der Waals surface area contributed by atoms with Crippen LogP contribution in [0.25, 0.3) is 0 Å². The normalized spacial score (nSPS) is 11.6. The second kappa shape index (κ2) is 15.2. The number of carbonyl (C=O) groups excluding carboxylic acids is 3. The van der Waals surface area contributed by atoms with Gasteiger partial charge in [0.2, 0.25) is 0 Å². The standard InChI is InChI=1S/C38H48O7/c1-25-12-14-27(3)32(22-25)42-20-10-18-37(6,7)35(40)44-30-16-17-31(29(5)39)34(24-30)45-36(41)38(8,9)19-11-21-43-33-23-26(2)13-15-28(33)4/h12-17,22-24H,10-11,18-21H2,1-9H3. The van der Waals surface area contributed by atoms with Crippen molar-refractivity contribution >= 4 is 17.7 Å². The number of ketones is 1. The van der Waals surface area contributed by atoms with Crippen molar-refractivity contribution in [2.75, 3.05) is 13.2 Å². The van der Waals surface area contributed by atoms with Crippen LogP contribution in [-0.2, 0) is 9.59 Å². The highest BCUT2D eigenvalue weighted by molar-refractivity contribution is 5.98. The van der Waals surface area contributed by atoms with Crippen molar-refractivity contribution in [2.45, 2.75) is 88.0 Å². The summed E-state index contributed by atoms with van der Waals surface area (Å²) in [6, 6.07) is 16.6. The molecule has 0 fully saturated rings. The molecule has 3 aromatic rings. The number of hydrogen-bond acceptors (Lipinski definition) is 7. The van der Waals surface area contributed by atoms with Crippen LogP contribution in [0, 0.1) is 38.5 Å². The minimum absolute atomic E-state index is 0.0669. The smallest absolute Gasteiger partial charge is 0.316 e. The summed E-state index contributed by atoms with van der Waals surface area (Å²) in [4.78, 5) is 38.8. The van der Waals surface area contributed by atoms with Gasteiger partial charge in [-0.2, -0.15) is 0 Å². The van der Waals surface area contributed by atoms with Gasteiger partial charge in [-0.25, -0.2) is 0 Å². The van der Waals surface area contributed by atoms with E-state index in [1.165, 1.54) is 19.1 Å². The number of hydrogen-bond donors (Lipinski definition) is 0. The van der Waals surface area contributed by atoms with Gasteiger partial charge >= 0.3 is 11.9 Å². The molecule has 0 aromatic heterocycles. The molecule has 45 heavy (non-hydrogen) atoms. The van der Waals surface area contributed by atoms with E-state index < -0.39 is 22.8 Å². The molecule has 0 N–H and O–H groups in total. The topological polar surface area (TPSA) is 88.1 Å². The zero-order valence-electron chi connectivity index (χ0n) is 28.3. The Kier molecular flexibility index (Phi) is 12.0. The first-order valence-corrected chi connectivity index (χ1v) is 15.6. The maximum Gasteiger partial charge on any atom is 0.316 e. The van der Waals surface area contributed by atoms with Gasteiger partial charge in [-0.3, -0.25) is 14.4 Å². The number of aryl methyl sites for hydroxylation is 4. The lowest BCUT2D eigenvalue weighted by Crippen LogP contribution is -2.30. The Morgan fingerprint density at radius 3 is 1.53 bits per heavy atom. The van der Waals surface area contributed by atoms with Crippen molar-refractivity contribution in [1.82, 2.24) is 0 Å². The number of rotatable bonds is 15. The first-order valence-electron chi connectivity index (χ1n) is 15.6. The summed E-state index contributed by atoms with van der Waals surface area (Å²) < 4.78 is 23.4. The Bertz CT molecular complexity index is 1520. The van der Waals surface area contributed by atoms with Crippen LogP contribution in [0.15, 0.2) is 54.6 Å². The summed E-state index contributed by atoms with van der Waals surface area (Å²) in [6.45, 7) is 17.6. The summed E-state index contributed by atoms with van der Waals surface area (Å²) in [7, 11) is 0. The van der Waals surface area contributed by atoms with Gasteiger partial charge in [0.1, 0.15) is 23.0 Å². The molecule has 0 spiro atoms. The van der Waals surface area contributed by atoms with E-state index in [0.29, 0.717) is 38.9 Å². The lowest BCUT2D eigenvalue weighted by molar-refractivity contribution is -0.144. The number of esters is 2. The van der Waals surface area contributed by atoms with Gasteiger partial charge in [-0.1, -0.05) is 24.3 Å². The van der Waals surface area contributed by atoms with E-state index in [9.17, 15) is 14.4 Å². The van der Waals surface area contributed by atoms with E-state index >= 15 is 0 Å². The van der Waals surface area contributed by atoms with E-state index in [1.807, 2.05) is 77.9 Å². The van der Waals surface area contributed by atoms with Gasteiger partial charge in [-0.05, 0) is 135 Å². The van der Waals surface area contributed by atoms with E-state index in [1.54, 1.807) is 19.9 Å².